The Bertz CT molecular complexity index is 705. The van der Waals surface area contributed by atoms with Gasteiger partial charge in [-0.25, -0.2) is 4.98 Å². The Morgan fingerprint density at radius 2 is 2.12 bits per heavy atom. The lowest BCUT2D eigenvalue weighted by atomic mass is 9.85. The highest BCUT2D eigenvalue weighted by Crippen LogP contribution is 2.38. The van der Waals surface area contributed by atoms with E-state index in [0.717, 1.165) is 0 Å². The number of rotatable bonds is 4. The minimum Gasteiger partial charge on any atom is -0.367 e. The summed E-state index contributed by atoms with van der Waals surface area (Å²) < 4.78 is 38.6. The van der Waals surface area contributed by atoms with Gasteiger partial charge in [-0.15, -0.1) is 10.2 Å². The number of amides is 1. The van der Waals surface area contributed by atoms with Crippen molar-refractivity contribution in [2.45, 2.75) is 37.9 Å². The Balaban J connectivity index is 1.58. The van der Waals surface area contributed by atoms with Gasteiger partial charge in [0.25, 0.3) is 5.91 Å². The van der Waals surface area contributed by atoms with E-state index in [1.807, 2.05) is 0 Å². The second-order valence-electron chi connectivity index (χ2n) is 5.88. The summed E-state index contributed by atoms with van der Waals surface area (Å²) in [7, 11) is 0. The highest BCUT2D eigenvalue weighted by molar-refractivity contribution is 7.13. The van der Waals surface area contributed by atoms with Gasteiger partial charge in [0.05, 0.1) is 11.5 Å². The third kappa shape index (κ3) is 4.65. The second-order valence-corrected chi connectivity index (χ2v) is 6.71. The van der Waals surface area contributed by atoms with Crippen LogP contribution in [0.3, 0.4) is 0 Å². The molecular formula is C15H16F3N5OS. The fourth-order valence-electron chi connectivity index (χ4n) is 2.84. The van der Waals surface area contributed by atoms with Gasteiger partial charge in [-0.3, -0.25) is 10.1 Å². The number of nitrogens with one attached hydrogen (secondary N) is 2. The predicted octanol–water partition coefficient (Wildman–Crippen LogP) is 3.72. The molecule has 1 aliphatic carbocycles. The minimum absolute atomic E-state index is 0.0461. The summed E-state index contributed by atoms with van der Waals surface area (Å²) in [6.07, 6.45) is -1.34. The van der Waals surface area contributed by atoms with Gasteiger partial charge >= 0.3 is 6.18 Å². The average Bonchev–Trinajstić information content (AvgIpc) is 3.08. The summed E-state index contributed by atoms with van der Waals surface area (Å²) in [5.41, 5.74) is 1.83. The van der Waals surface area contributed by atoms with Crippen LogP contribution in [-0.4, -0.2) is 33.3 Å². The van der Waals surface area contributed by atoms with E-state index >= 15 is 0 Å². The molecule has 2 N–H and O–H groups in total. The molecule has 0 bridgehead atoms. The molecule has 0 aromatic carbocycles. The molecule has 2 heterocycles. The zero-order valence-corrected chi connectivity index (χ0v) is 13.9. The van der Waals surface area contributed by atoms with Crippen molar-refractivity contribution >= 4 is 28.2 Å². The number of pyridine rings is 1. The van der Waals surface area contributed by atoms with E-state index in [-0.39, 0.29) is 24.8 Å². The standard InChI is InChI=1S/C15H16F3N5OS/c16-15(17,18)10-2-1-3-11(6-10)21-12-5-4-9(7-19-12)13(24)22-14-23-20-8-25-14/h4-5,7-8,10-11H,1-3,6H2,(H,19,21)(H,22,23,24). The SMILES string of the molecule is O=C(Nc1nncs1)c1ccc(NC2CCCC(C(F)(F)F)C2)nc1. The molecule has 3 rings (SSSR count). The molecule has 2 atom stereocenters. The van der Waals surface area contributed by atoms with Gasteiger partial charge in [-0.1, -0.05) is 17.8 Å². The molecule has 2 aromatic rings. The van der Waals surface area contributed by atoms with Gasteiger partial charge in [-0.2, -0.15) is 13.2 Å². The molecule has 1 fully saturated rings. The van der Waals surface area contributed by atoms with Crippen molar-refractivity contribution in [1.29, 1.82) is 0 Å². The minimum atomic E-state index is -4.15. The average molecular weight is 371 g/mol. The van der Waals surface area contributed by atoms with Crippen LogP contribution < -0.4 is 10.6 Å². The first-order valence-electron chi connectivity index (χ1n) is 7.78. The van der Waals surface area contributed by atoms with E-state index in [4.69, 9.17) is 0 Å². The van der Waals surface area contributed by atoms with E-state index < -0.39 is 12.1 Å². The first-order chi connectivity index (χ1) is 11.9. The second kappa shape index (κ2) is 7.34. The number of hydrogen-bond donors (Lipinski definition) is 2. The molecule has 0 radical (unpaired) electrons. The number of hydrogen-bond acceptors (Lipinski definition) is 6. The first kappa shape index (κ1) is 17.6. The van der Waals surface area contributed by atoms with Gasteiger partial charge in [0.1, 0.15) is 11.3 Å². The molecule has 6 nitrogen and oxygen atoms in total. The van der Waals surface area contributed by atoms with Crippen LogP contribution in [0.5, 0.6) is 0 Å². The van der Waals surface area contributed by atoms with Crippen LogP contribution in [-0.2, 0) is 0 Å². The van der Waals surface area contributed by atoms with Gasteiger partial charge in [0, 0.05) is 12.2 Å². The third-order valence-electron chi connectivity index (χ3n) is 4.10. The molecule has 0 saturated heterocycles. The normalized spacial score (nSPS) is 20.9. The van der Waals surface area contributed by atoms with Gasteiger partial charge < -0.3 is 5.32 Å². The molecule has 2 aromatic heterocycles. The number of nitrogens with zero attached hydrogens (tertiary/aromatic N) is 3. The van der Waals surface area contributed by atoms with Gasteiger partial charge in [0.2, 0.25) is 5.13 Å². The lowest BCUT2D eigenvalue weighted by Crippen LogP contribution is -2.34. The summed E-state index contributed by atoms with van der Waals surface area (Å²) >= 11 is 1.20. The van der Waals surface area contributed by atoms with Crippen molar-refractivity contribution in [3.8, 4) is 0 Å². The van der Waals surface area contributed by atoms with E-state index in [2.05, 4.69) is 25.8 Å². The fourth-order valence-corrected chi connectivity index (χ4v) is 3.28. The maximum Gasteiger partial charge on any atom is 0.391 e. The van der Waals surface area contributed by atoms with Crippen LogP contribution in [0.15, 0.2) is 23.8 Å². The van der Waals surface area contributed by atoms with E-state index in [0.29, 0.717) is 29.4 Å². The van der Waals surface area contributed by atoms with Crippen molar-refractivity contribution in [1.82, 2.24) is 15.2 Å². The van der Waals surface area contributed by atoms with Crippen LogP contribution >= 0.6 is 11.3 Å². The maximum atomic E-state index is 12.9. The molecule has 1 saturated carbocycles. The van der Waals surface area contributed by atoms with Crippen molar-refractivity contribution in [2.75, 3.05) is 10.6 Å². The number of alkyl halides is 3. The highest BCUT2D eigenvalue weighted by atomic mass is 32.1. The van der Waals surface area contributed by atoms with Crippen molar-refractivity contribution < 1.29 is 18.0 Å². The quantitative estimate of drug-likeness (QED) is 0.856. The largest absolute Gasteiger partial charge is 0.391 e. The van der Waals surface area contributed by atoms with Crippen LogP contribution in [0, 0.1) is 5.92 Å². The maximum absolute atomic E-state index is 12.9. The van der Waals surface area contributed by atoms with E-state index in [1.165, 1.54) is 23.0 Å². The Morgan fingerprint density at radius 3 is 2.76 bits per heavy atom. The first-order valence-corrected chi connectivity index (χ1v) is 8.66. The zero-order chi connectivity index (χ0) is 17.9. The summed E-state index contributed by atoms with van der Waals surface area (Å²) in [5.74, 6) is -1.18. The summed E-state index contributed by atoms with van der Waals surface area (Å²) in [6.45, 7) is 0. The van der Waals surface area contributed by atoms with Crippen molar-refractivity contribution in [2.24, 2.45) is 5.92 Å². The number of carbonyl (C=O) groups excluding carboxylic acids is 1. The van der Waals surface area contributed by atoms with Gasteiger partial charge in [0.15, 0.2) is 0 Å². The Morgan fingerprint density at radius 1 is 1.28 bits per heavy atom. The lowest BCUT2D eigenvalue weighted by Gasteiger charge is -2.31. The number of aromatic nitrogens is 3. The van der Waals surface area contributed by atoms with E-state index in [9.17, 15) is 18.0 Å². The number of halogens is 3. The molecule has 10 heteroatoms. The third-order valence-corrected chi connectivity index (χ3v) is 4.70. The van der Waals surface area contributed by atoms with Gasteiger partial charge in [-0.05, 0) is 31.4 Å². The lowest BCUT2D eigenvalue weighted by molar-refractivity contribution is -0.182. The van der Waals surface area contributed by atoms with Crippen molar-refractivity contribution in [3.63, 3.8) is 0 Å². The van der Waals surface area contributed by atoms with Crippen LogP contribution in [0.2, 0.25) is 0 Å². The Labute approximate surface area is 145 Å². The zero-order valence-electron chi connectivity index (χ0n) is 13.1. The smallest absolute Gasteiger partial charge is 0.367 e. The topological polar surface area (TPSA) is 79.8 Å². The van der Waals surface area contributed by atoms with Crippen LogP contribution in [0.1, 0.15) is 36.0 Å². The Hall–Kier alpha value is -2.23. The summed E-state index contributed by atoms with van der Waals surface area (Å²) in [6, 6.07) is 2.89. The molecule has 0 spiro atoms. The highest BCUT2D eigenvalue weighted by Gasteiger charge is 2.42. The molecule has 134 valence electrons. The molecule has 1 amide bonds. The Kier molecular flexibility index (Phi) is 5.16. The monoisotopic (exact) mass is 371 g/mol. The summed E-state index contributed by atoms with van der Waals surface area (Å²) in [5, 5.41) is 13.3. The predicted molar refractivity (Wildman–Crippen MR) is 87.5 cm³/mol. The van der Waals surface area contributed by atoms with Crippen LogP contribution in [0.25, 0.3) is 0 Å². The molecule has 2 unspecified atom stereocenters. The number of anilines is 2. The molecule has 1 aliphatic rings. The van der Waals surface area contributed by atoms with Crippen molar-refractivity contribution in [3.05, 3.63) is 29.4 Å². The van der Waals surface area contributed by atoms with E-state index in [1.54, 1.807) is 12.1 Å². The summed E-state index contributed by atoms with van der Waals surface area (Å²) in [4.78, 5) is 16.1. The molecular weight excluding hydrogens is 355 g/mol. The number of carbonyl (C=O) groups is 1. The van der Waals surface area contributed by atoms with Crippen LogP contribution in [0.4, 0.5) is 24.1 Å². The molecule has 0 aliphatic heterocycles. The fraction of sp³-hybridized carbons (Fsp3) is 0.467. The molecule has 25 heavy (non-hydrogen) atoms.